The van der Waals surface area contributed by atoms with Gasteiger partial charge in [0, 0.05) is 5.66 Å². The molecule has 3 atom stereocenters. The summed E-state index contributed by atoms with van der Waals surface area (Å²) in [6, 6.07) is 0. The topological polar surface area (TPSA) is 0 Å². The van der Waals surface area contributed by atoms with Gasteiger partial charge in [-0.15, -0.1) is 8.58 Å². The van der Waals surface area contributed by atoms with Crippen molar-refractivity contribution in [1.29, 1.82) is 0 Å². The van der Waals surface area contributed by atoms with Gasteiger partial charge in [0.1, 0.15) is 0 Å². The number of allylic oxidation sites excluding steroid dienone is 4. The van der Waals surface area contributed by atoms with Gasteiger partial charge in [-0.1, -0.05) is 38.2 Å². The highest BCUT2D eigenvalue weighted by atomic mass is 31.1. The third kappa shape index (κ3) is 1.95. The Labute approximate surface area is 65.2 Å². The Morgan fingerprint density at radius 2 is 2.00 bits per heavy atom. The first-order chi connectivity index (χ1) is 4.84. The van der Waals surface area contributed by atoms with E-state index in [1.807, 2.05) is 0 Å². The SMILES string of the molecule is CCPC1C=CC=CC1C. The van der Waals surface area contributed by atoms with E-state index in [1.54, 1.807) is 0 Å². The Morgan fingerprint density at radius 1 is 1.30 bits per heavy atom. The van der Waals surface area contributed by atoms with Crippen LogP contribution in [-0.4, -0.2) is 11.8 Å². The van der Waals surface area contributed by atoms with E-state index in [0.29, 0.717) is 0 Å². The predicted molar refractivity (Wildman–Crippen MR) is 50.1 cm³/mol. The lowest BCUT2D eigenvalue weighted by Crippen LogP contribution is -2.09. The molecule has 56 valence electrons. The minimum atomic E-state index is 0.767. The summed E-state index contributed by atoms with van der Waals surface area (Å²) in [5, 5.41) is 0. The molecule has 1 aliphatic carbocycles. The van der Waals surface area contributed by atoms with Gasteiger partial charge in [0.2, 0.25) is 0 Å². The molecule has 0 fully saturated rings. The minimum Gasteiger partial charge on any atom is -0.115 e. The van der Waals surface area contributed by atoms with Crippen molar-refractivity contribution in [3.63, 3.8) is 0 Å². The summed E-state index contributed by atoms with van der Waals surface area (Å²) in [5.74, 6) is 0.767. The summed E-state index contributed by atoms with van der Waals surface area (Å²) in [4.78, 5) is 0. The normalized spacial score (nSPS) is 32.2. The molecule has 1 aliphatic rings. The van der Waals surface area contributed by atoms with E-state index in [2.05, 4.69) is 38.2 Å². The second-order valence-corrected chi connectivity index (χ2v) is 4.49. The van der Waals surface area contributed by atoms with Crippen molar-refractivity contribution in [3.8, 4) is 0 Å². The van der Waals surface area contributed by atoms with Crippen LogP contribution in [0.1, 0.15) is 13.8 Å². The summed E-state index contributed by atoms with van der Waals surface area (Å²) in [5.41, 5.74) is 0.829. The van der Waals surface area contributed by atoms with Gasteiger partial charge in [0.25, 0.3) is 0 Å². The molecule has 0 aromatic heterocycles. The van der Waals surface area contributed by atoms with Crippen molar-refractivity contribution in [2.75, 3.05) is 6.16 Å². The van der Waals surface area contributed by atoms with E-state index in [-0.39, 0.29) is 0 Å². The zero-order valence-electron chi connectivity index (χ0n) is 6.67. The Hall–Kier alpha value is -0.0900. The molecule has 0 saturated carbocycles. The van der Waals surface area contributed by atoms with Crippen LogP contribution in [0.4, 0.5) is 0 Å². The third-order valence-electron chi connectivity index (χ3n) is 1.85. The van der Waals surface area contributed by atoms with Crippen LogP contribution in [0.2, 0.25) is 0 Å². The standard InChI is InChI=1S/C9H15P/c1-3-10-9-7-5-4-6-8(9)2/h4-10H,3H2,1-2H3. The van der Waals surface area contributed by atoms with Gasteiger partial charge in [-0.25, -0.2) is 0 Å². The first-order valence-electron chi connectivity index (χ1n) is 3.93. The van der Waals surface area contributed by atoms with Gasteiger partial charge in [-0.05, 0) is 12.1 Å². The third-order valence-corrected chi connectivity index (χ3v) is 3.45. The first kappa shape index (κ1) is 8.01. The van der Waals surface area contributed by atoms with Gasteiger partial charge >= 0.3 is 0 Å². The maximum atomic E-state index is 2.34. The second kappa shape index (κ2) is 3.93. The molecule has 10 heavy (non-hydrogen) atoms. The summed E-state index contributed by atoms with van der Waals surface area (Å²) in [6.07, 6.45) is 10.3. The van der Waals surface area contributed by atoms with Crippen molar-refractivity contribution >= 4 is 8.58 Å². The fraction of sp³-hybridized carbons (Fsp3) is 0.556. The van der Waals surface area contributed by atoms with Crippen molar-refractivity contribution in [1.82, 2.24) is 0 Å². The lowest BCUT2D eigenvalue weighted by Gasteiger charge is -2.19. The monoisotopic (exact) mass is 154 g/mol. The van der Waals surface area contributed by atoms with Gasteiger partial charge in [0.05, 0.1) is 0 Å². The van der Waals surface area contributed by atoms with Crippen LogP contribution >= 0.6 is 8.58 Å². The van der Waals surface area contributed by atoms with Gasteiger partial charge in [0.15, 0.2) is 0 Å². The zero-order chi connectivity index (χ0) is 7.40. The summed E-state index contributed by atoms with van der Waals surface area (Å²) >= 11 is 0. The molecule has 0 aromatic rings. The van der Waals surface area contributed by atoms with Gasteiger partial charge in [-0.3, -0.25) is 0 Å². The minimum absolute atomic E-state index is 0.767. The number of hydrogen-bond donors (Lipinski definition) is 0. The molecule has 0 amide bonds. The highest BCUT2D eigenvalue weighted by molar-refractivity contribution is 7.39. The molecule has 0 heterocycles. The highest BCUT2D eigenvalue weighted by Crippen LogP contribution is 2.29. The van der Waals surface area contributed by atoms with Crippen LogP contribution < -0.4 is 0 Å². The van der Waals surface area contributed by atoms with E-state index in [1.165, 1.54) is 6.16 Å². The van der Waals surface area contributed by atoms with Crippen LogP contribution in [0.3, 0.4) is 0 Å². The van der Waals surface area contributed by atoms with Crippen LogP contribution in [0, 0.1) is 5.92 Å². The first-order valence-corrected chi connectivity index (χ1v) is 5.21. The molecular formula is C9H15P. The molecular weight excluding hydrogens is 139 g/mol. The summed E-state index contributed by atoms with van der Waals surface area (Å²) in [6.45, 7) is 4.56. The van der Waals surface area contributed by atoms with E-state index in [0.717, 1.165) is 20.2 Å². The van der Waals surface area contributed by atoms with Crippen molar-refractivity contribution in [3.05, 3.63) is 24.3 Å². The molecule has 0 saturated heterocycles. The molecule has 0 N–H and O–H groups in total. The van der Waals surface area contributed by atoms with Crippen LogP contribution in [-0.2, 0) is 0 Å². The quantitative estimate of drug-likeness (QED) is 0.536. The number of rotatable bonds is 2. The average Bonchev–Trinajstić information content (AvgIpc) is 1.94. The lowest BCUT2D eigenvalue weighted by molar-refractivity contribution is 0.748. The molecule has 1 heteroatoms. The van der Waals surface area contributed by atoms with E-state index in [4.69, 9.17) is 0 Å². The Bertz CT molecular complexity index is 147. The second-order valence-electron chi connectivity index (χ2n) is 2.71. The van der Waals surface area contributed by atoms with Crippen molar-refractivity contribution in [2.45, 2.75) is 19.5 Å². The predicted octanol–water partition coefficient (Wildman–Crippen LogP) is 2.82. The fourth-order valence-electron chi connectivity index (χ4n) is 1.21. The van der Waals surface area contributed by atoms with Crippen LogP contribution in [0.5, 0.6) is 0 Å². The Balaban J connectivity index is 2.44. The molecule has 1 rings (SSSR count). The maximum Gasteiger partial charge on any atom is 0.000602 e. The summed E-state index contributed by atoms with van der Waals surface area (Å²) in [7, 11) is 1.11. The maximum absolute atomic E-state index is 2.34. The molecule has 0 aliphatic heterocycles. The molecule has 0 radical (unpaired) electrons. The summed E-state index contributed by atoms with van der Waals surface area (Å²) < 4.78 is 0. The van der Waals surface area contributed by atoms with E-state index < -0.39 is 0 Å². The molecule has 0 bridgehead atoms. The van der Waals surface area contributed by atoms with Crippen molar-refractivity contribution < 1.29 is 0 Å². The molecule has 0 nitrogen and oxygen atoms in total. The molecule has 0 spiro atoms. The van der Waals surface area contributed by atoms with Crippen LogP contribution in [0.15, 0.2) is 24.3 Å². The smallest absolute Gasteiger partial charge is 0.000602 e. The largest absolute Gasteiger partial charge is 0.115 e. The molecule has 3 unspecified atom stereocenters. The highest BCUT2D eigenvalue weighted by Gasteiger charge is 2.11. The van der Waals surface area contributed by atoms with Gasteiger partial charge < -0.3 is 0 Å². The zero-order valence-corrected chi connectivity index (χ0v) is 7.67. The van der Waals surface area contributed by atoms with E-state index in [9.17, 15) is 0 Å². The van der Waals surface area contributed by atoms with E-state index >= 15 is 0 Å². The lowest BCUT2D eigenvalue weighted by atomic mass is 10.0. The Morgan fingerprint density at radius 3 is 2.60 bits per heavy atom. The van der Waals surface area contributed by atoms with Gasteiger partial charge in [-0.2, -0.15) is 0 Å². The number of hydrogen-bond acceptors (Lipinski definition) is 0. The van der Waals surface area contributed by atoms with Crippen LogP contribution in [0.25, 0.3) is 0 Å². The van der Waals surface area contributed by atoms with Crippen molar-refractivity contribution in [2.24, 2.45) is 5.92 Å². The fourth-order valence-corrected chi connectivity index (χ4v) is 2.41. The average molecular weight is 154 g/mol. The molecule has 0 aromatic carbocycles. The Kier molecular flexibility index (Phi) is 3.15.